The third kappa shape index (κ3) is 3.77. The Hall–Kier alpha value is -1.89. The van der Waals surface area contributed by atoms with Gasteiger partial charge in [0, 0.05) is 20.2 Å². The van der Waals surface area contributed by atoms with Crippen LogP contribution in [0.2, 0.25) is 5.02 Å². The van der Waals surface area contributed by atoms with Crippen LogP contribution in [-0.2, 0) is 4.79 Å². The fourth-order valence-electron chi connectivity index (χ4n) is 2.17. The molecule has 7 heteroatoms. The molecule has 0 saturated heterocycles. The Labute approximate surface area is 155 Å². The molecular formula is C17H12BrClN2O2S. The number of nitrogens with one attached hydrogen (secondary N) is 2. The molecule has 3 aromatic rings. The summed E-state index contributed by atoms with van der Waals surface area (Å²) in [4.78, 5) is 24.6. The zero-order valence-electron chi connectivity index (χ0n) is 12.3. The normalized spacial score (nSPS) is 10.6. The molecule has 0 aliphatic heterocycles. The molecule has 1 heterocycles. The van der Waals surface area contributed by atoms with Crippen molar-refractivity contribution < 1.29 is 9.59 Å². The van der Waals surface area contributed by atoms with Crippen LogP contribution in [-0.4, -0.2) is 18.4 Å². The Morgan fingerprint density at radius 3 is 2.67 bits per heavy atom. The second kappa shape index (κ2) is 7.34. The second-order valence-corrected chi connectivity index (χ2v) is 7.33. The van der Waals surface area contributed by atoms with E-state index >= 15 is 0 Å². The Balaban J connectivity index is 1.64. The summed E-state index contributed by atoms with van der Waals surface area (Å²) >= 11 is 10.9. The van der Waals surface area contributed by atoms with Crippen LogP contribution >= 0.6 is 38.9 Å². The lowest BCUT2D eigenvalue weighted by Gasteiger charge is -2.06. The van der Waals surface area contributed by atoms with Crippen LogP contribution < -0.4 is 10.6 Å². The van der Waals surface area contributed by atoms with Crippen molar-refractivity contribution in [3.8, 4) is 0 Å². The zero-order valence-corrected chi connectivity index (χ0v) is 15.5. The lowest BCUT2D eigenvalue weighted by atomic mass is 10.2. The first-order valence-electron chi connectivity index (χ1n) is 7.05. The standard InChI is InChI=1S/C17H12BrClN2O2S/c18-10-4-3-5-11(8-10)21-14(22)9-20-17(23)16-15(19)12-6-1-2-7-13(12)24-16/h1-8H,9H2,(H,20,23)(H,21,22). The Bertz CT molecular complexity index is 926. The second-order valence-electron chi connectivity index (χ2n) is 4.98. The van der Waals surface area contributed by atoms with Gasteiger partial charge in [0.2, 0.25) is 5.91 Å². The topological polar surface area (TPSA) is 58.2 Å². The highest BCUT2D eigenvalue weighted by Gasteiger charge is 2.17. The number of anilines is 1. The lowest BCUT2D eigenvalue weighted by molar-refractivity contribution is -0.115. The molecule has 2 amide bonds. The van der Waals surface area contributed by atoms with E-state index in [9.17, 15) is 9.59 Å². The van der Waals surface area contributed by atoms with Gasteiger partial charge >= 0.3 is 0 Å². The molecule has 0 bridgehead atoms. The number of halogens is 2. The van der Waals surface area contributed by atoms with Crippen LogP contribution in [0.3, 0.4) is 0 Å². The first-order valence-corrected chi connectivity index (χ1v) is 9.04. The molecule has 0 atom stereocenters. The number of benzene rings is 2. The molecule has 0 radical (unpaired) electrons. The van der Waals surface area contributed by atoms with Crippen molar-refractivity contribution in [1.82, 2.24) is 5.32 Å². The molecular weight excluding hydrogens is 412 g/mol. The molecule has 0 aliphatic rings. The molecule has 0 spiro atoms. The van der Waals surface area contributed by atoms with Gasteiger partial charge in [0.15, 0.2) is 0 Å². The van der Waals surface area contributed by atoms with E-state index in [1.165, 1.54) is 11.3 Å². The van der Waals surface area contributed by atoms with Crippen molar-refractivity contribution >= 4 is 66.5 Å². The van der Waals surface area contributed by atoms with E-state index in [0.717, 1.165) is 14.6 Å². The Morgan fingerprint density at radius 2 is 1.92 bits per heavy atom. The Morgan fingerprint density at radius 1 is 1.12 bits per heavy atom. The summed E-state index contributed by atoms with van der Waals surface area (Å²) in [6.45, 7) is -0.129. The van der Waals surface area contributed by atoms with E-state index in [-0.39, 0.29) is 18.4 Å². The summed E-state index contributed by atoms with van der Waals surface area (Å²) in [6, 6.07) is 14.8. The average molecular weight is 424 g/mol. The van der Waals surface area contributed by atoms with Crippen molar-refractivity contribution in [3.05, 3.63) is 62.9 Å². The van der Waals surface area contributed by atoms with E-state index in [2.05, 4.69) is 26.6 Å². The third-order valence-corrected chi connectivity index (χ3v) is 5.43. The van der Waals surface area contributed by atoms with Gasteiger partial charge in [0.1, 0.15) is 4.88 Å². The first kappa shape index (κ1) is 17.0. The first-order chi connectivity index (χ1) is 11.5. The molecule has 122 valence electrons. The minimum Gasteiger partial charge on any atom is -0.342 e. The van der Waals surface area contributed by atoms with Gasteiger partial charge in [-0.05, 0) is 24.3 Å². The highest BCUT2D eigenvalue weighted by Crippen LogP contribution is 2.34. The molecule has 0 fully saturated rings. The quantitative estimate of drug-likeness (QED) is 0.640. The molecule has 2 N–H and O–H groups in total. The molecule has 2 aromatic carbocycles. The minimum atomic E-state index is -0.356. The number of fused-ring (bicyclic) bond motifs is 1. The highest BCUT2D eigenvalue weighted by atomic mass is 79.9. The van der Waals surface area contributed by atoms with Crippen LogP contribution in [0.15, 0.2) is 53.0 Å². The maximum atomic E-state index is 12.3. The predicted octanol–water partition coefficient (Wildman–Crippen LogP) is 4.69. The zero-order chi connectivity index (χ0) is 17.1. The average Bonchev–Trinajstić information content (AvgIpc) is 2.90. The van der Waals surface area contributed by atoms with Gasteiger partial charge < -0.3 is 10.6 Å². The van der Waals surface area contributed by atoms with Gasteiger partial charge in [-0.25, -0.2) is 0 Å². The summed E-state index contributed by atoms with van der Waals surface area (Å²) in [5, 5.41) is 6.57. The summed E-state index contributed by atoms with van der Waals surface area (Å²) < 4.78 is 1.80. The molecule has 0 aliphatic carbocycles. The summed E-state index contributed by atoms with van der Waals surface area (Å²) in [5.41, 5.74) is 0.656. The van der Waals surface area contributed by atoms with Crippen LogP contribution in [0.25, 0.3) is 10.1 Å². The SMILES string of the molecule is O=C(CNC(=O)c1sc2ccccc2c1Cl)Nc1cccc(Br)c1. The van der Waals surface area contributed by atoms with Crippen molar-refractivity contribution in [1.29, 1.82) is 0 Å². The highest BCUT2D eigenvalue weighted by molar-refractivity contribution is 9.10. The molecule has 1 aromatic heterocycles. The number of thiophene rings is 1. The molecule has 0 unspecified atom stereocenters. The number of carbonyl (C=O) groups excluding carboxylic acids is 2. The van der Waals surface area contributed by atoms with Crippen LogP contribution in [0.5, 0.6) is 0 Å². The lowest BCUT2D eigenvalue weighted by Crippen LogP contribution is -2.32. The fourth-order valence-corrected chi connectivity index (χ4v) is 4.00. The monoisotopic (exact) mass is 422 g/mol. The van der Waals surface area contributed by atoms with Crippen LogP contribution in [0.1, 0.15) is 9.67 Å². The van der Waals surface area contributed by atoms with Gasteiger partial charge in [0.05, 0.1) is 11.6 Å². The number of carbonyl (C=O) groups is 2. The molecule has 4 nitrogen and oxygen atoms in total. The fraction of sp³-hybridized carbons (Fsp3) is 0.0588. The van der Waals surface area contributed by atoms with Gasteiger partial charge in [-0.15, -0.1) is 11.3 Å². The van der Waals surface area contributed by atoms with E-state index in [1.807, 2.05) is 36.4 Å². The summed E-state index contributed by atoms with van der Waals surface area (Å²) in [7, 11) is 0. The number of amides is 2. The predicted molar refractivity (Wildman–Crippen MR) is 102 cm³/mol. The van der Waals surface area contributed by atoms with Crippen molar-refractivity contribution in [2.45, 2.75) is 0 Å². The van der Waals surface area contributed by atoms with Gasteiger partial charge in [-0.1, -0.05) is 51.8 Å². The smallest absolute Gasteiger partial charge is 0.263 e. The van der Waals surface area contributed by atoms with E-state index in [4.69, 9.17) is 11.6 Å². The molecule has 24 heavy (non-hydrogen) atoms. The molecule has 3 rings (SSSR count). The Kier molecular flexibility index (Phi) is 5.18. The van der Waals surface area contributed by atoms with Crippen molar-refractivity contribution in [2.75, 3.05) is 11.9 Å². The van der Waals surface area contributed by atoms with Crippen molar-refractivity contribution in [2.24, 2.45) is 0 Å². The van der Waals surface area contributed by atoms with Crippen LogP contribution in [0.4, 0.5) is 5.69 Å². The van der Waals surface area contributed by atoms with Crippen molar-refractivity contribution in [3.63, 3.8) is 0 Å². The minimum absolute atomic E-state index is 0.129. The largest absolute Gasteiger partial charge is 0.342 e. The third-order valence-electron chi connectivity index (χ3n) is 3.26. The van der Waals surface area contributed by atoms with Gasteiger partial charge in [-0.3, -0.25) is 9.59 Å². The van der Waals surface area contributed by atoms with Gasteiger partial charge in [0.25, 0.3) is 5.91 Å². The maximum absolute atomic E-state index is 12.3. The van der Waals surface area contributed by atoms with Crippen LogP contribution in [0, 0.1) is 0 Å². The number of hydrogen-bond donors (Lipinski definition) is 2. The van der Waals surface area contributed by atoms with E-state index in [1.54, 1.807) is 12.1 Å². The molecule has 0 saturated carbocycles. The van der Waals surface area contributed by atoms with E-state index < -0.39 is 0 Å². The van der Waals surface area contributed by atoms with Gasteiger partial charge in [-0.2, -0.15) is 0 Å². The maximum Gasteiger partial charge on any atom is 0.263 e. The number of rotatable bonds is 4. The van der Waals surface area contributed by atoms with E-state index in [0.29, 0.717) is 15.6 Å². The summed E-state index contributed by atoms with van der Waals surface area (Å²) in [5.74, 6) is -0.663. The number of hydrogen-bond acceptors (Lipinski definition) is 3. The summed E-state index contributed by atoms with van der Waals surface area (Å²) in [6.07, 6.45) is 0.